The van der Waals surface area contributed by atoms with Gasteiger partial charge in [-0.25, -0.2) is 9.37 Å². The van der Waals surface area contributed by atoms with Crippen LogP contribution in [0.15, 0.2) is 53.9 Å². The highest BCUT2D eigenvalue weighted by Crippen LogP contribution is 2.28. The maximum atomic E-state index is 13.1. The Hall–Kier alpha value is -3.37. The van der Waals surface area contributed by atoms with Crippen molar-refractivity contribution in [3.05, 3.63) is 69.8 Å². The number of halogens is 1. The Morgan fingerprint density at radius 3 is 2.55 bits per heavy atom. The molecule has 4 rings (SSSR count). The fourth-order valence-corrected chi connectivity index (χ4v) is 4.21. The number of benzene rings is 2. The number of thiazole rings is 1. The average molecular weight is 441 g/mol. The third kappa shape index (κ3) is 5.04. The van der Waals surface area contributed by atoms with Crippen molar-refractivity contribution in [2.45, 2.75) is 0 Å². The summed E-state index contributed by atoms with van der Waals surface area (Å²) in [5, 5.41) is 16.4. The number of amides is 1. The van der Waals surface area contributed by atoms with Gasteiger partial charge < -0.3 is 10.2 Å². The predicted molar refractivity (Wildman–Crippen MR) is 118 cm³/mol. The molecule has 0 spiro atoms. The number of nitrogens with one attached hydrogen (secondary N) is 1. The van der Waals surface area contributed by atoms with Gasteiger partial charge in [0.25, 0.3) is 5.69 Å². The first-order valence-corrected chi connectivity index (χ1v) is 10.6. The van der Waals surface area contributed by atoms with E-state index in [9.17, 15) is 19.3 Å². The zero-order valence-electron chi connectivity index (χ0n) is 16.5. The lowest BCUT2D eigenvalue weighted by Gasteiger charge is -2.35. The molecule has 2 heterocycles. The van der Waals surface area contributed by atoms with Crippen LogP contribution >= 0.6 is 11.3 Å². The quantitative estimate of drug-likeness (QED) is 0.464. The van der Waals surface area contributed by atoms with E-state index >= 15 is 0 Å². The molecule has 0 unspecified atom stereocenters. The summed E-state index contributed by atoms with van der Waals surface area (Å²) >= 11 is 1.31. The fourth-order valence-electron chi connectivity index (χ4n) is 3.48. The van der Waals surface area contributed by atoms with Crippen molar-refractivity contribution in [1.29, 1.82) is 0 Å². The second-order valence-electron chi connectivity index (χ2n) is 7.10. The second-order valence-corrected chi connectivity index (χ2v) is 7.96. The Morgan fingerprint density at radius 2 is 1.84 bits per heavy atom. The van der Waals surface area contributed by atoms with E-state index in [1.165, 1.54) is 29.5 Å². The van der Waals surface area contributed by atoms with Crippen molar-refractivity contribution >= 4 is 33.8 Å². The number of nitro groups is 1. The van der Waals surface area contributed by atoms with Gasteiger partial charge in [-0.05, 0) is 30.3 Å². The maximum absolute atomic E-state index is 13.1. The van der Waals surface area contributed by atoms with E-state index in [4.69, 9.17) is 0 Å². The molecule has 160 valence electrons. The molecule has 0 bridgehead atoms. The Labute approximate surface area is 182 Å². The van der Waals surface area contributed by atoms with Crippen LogP contribution in [0.2, 0.25) is 0 Å². The Morgan fingerprint density at radius 1 is 1.13 bits per heavy atom. The molecule has 0 aliphatic carbocycles. The number of anilines is 2. The lowest BCUT2D eigenvalue weighted by molar-refractivity contribution is -0.384. The standard InChI is InChI=1S/C21H20FN5O3S/c22-16-7-5-15(6-8-16)17-14-31-21(23-17)24-20(28)13-25-9-11-26(12-10-25)18-3-1-2-4-19(18)27(29)30/h1-8,14H,9-13H2,(H,23,24,28). The van der Waals surface area contributed by atoms with E-state index in [1.54, 1.807) is 30.3 Å². The monoisotopic (exact) mass is 441 g/mol. The van der Waals surface area contributed by atoms with E-state index < -0.39 is 0 Å². The van der Waals surface area contributed by atoms with Gasteiger partial charge in [0, 0.05) is 43.2 Å². The van der Waals surface area contributed by atoms with Crippen LogP contribution in [-0.2, 0) is 4.79 Å². The van der Waals surface area contributed by atoms with Crippen molar-refractivity contribution in [2.75, 3.05) is 42.9 Å². The minimum Gasteiger partial charge on any atom is -0.363 e. The SMILES string of the molecule is O=C(CN1CCN(c2ccccc2[N+](=O)[O-])CC1)Nc1nc(-c2ccc(F)cc2)cs1. The van der Waals surface area contributed by atoms with Gasteiger partial charge in [0.2, 0.25) is 5.91 Å². The smallest absolute Gasteiger partial charge is 0.292 e. The van der Waals surface area contributed by atoms with Gasteiger partial charge in [-0.15, -0.1) is 11.3 Å². The summed E-state index contributed by atoms with van der Waals surface area (Å²) in [7, 11) is 0. The first-order valence-electron chi connectivity index (χ1n) is 9.71. The minimum absolute atomic E-state index is 0.0921. The Kier molecular flexibility index (Phi) is 6.19. The number of nitrogens with zero attached hydrogens (tertiary/aromatic N) is 4. The maximum Gasteiger partial charge on any atom is 0.292 e. The number of para-hydroxylation sites is 2. The van der Waals surface area contributed by atoms with Gasteiger partial charge >= 0.3 is 0 Å². The molecule has 3 aromatic rings. The van der Waals surface area contributed by atoms with Crippen LogP contribution in [0, 0.1) is 15.9 Å². The predicted octanol–water partition coefficient (Wildman–Crippen LogP) is 3.62. The van der Waals surface area contributed by atoms with Crippen molar-refractivity contribution in [3.8, 4) is 11.3 Å². The molecule has 1 fully saturated rings. The molecule has 1 aliphatic heterocycles. The van der Waals surface area contributed by atoms with Gasteiger partial charge in [0.15, 0.2) is 5.13 Å². The summed E-state index contributed by atoms with van der Waals surface area (Å²) in [6.07, 6.45) is 0. The topological polar surface area (TPSA) is 91.6 Å². The molecule has 1 N–H and O–H groups in total. The fraction of sp³-hybridized carbons (Fsp3) is 0.238. The molecule has 8 nitrogen and oxygen atoms in total. The summed E-state index contributed by atoms with van der Waals surface area (Å²) in [5.74, 6) is -0.478. The van der Waals surface area contributed by atoms with Crippen LogP contribution in [-0.4, -0.2) is 53.4 Å². The summed E-state index contributed by atoms with van der Waals surface area (Å²) in [6.45, 7) is 2.67. The first-order chi connectivity index (χ1) is 15.0. The van der Waals surface area contributed by atoms with Crippen LogP contribution in [0.3, 0.4) is 0 Å². The number of piperazine rings is 1. The zero-order chi connectivity index (χ0) is 21.8. The minimum atomic E-state index is -0.372. The van der Waals surface area contributed by atoms with Crippen LogP contribution in [0.25, 0.3) is 11.3 Å². The lowest BCUT2D eigenvalue weighted by Crippen LogP contribution is -2.48. The number of rotatable bonds is 6. The summed E-state index contributed by atoms with van der Waals surface area (Å²) in [4.78, 5) is 31.7. The zero-order valence-corrected chi connectivity index (χ0v) is 17.3. The van der Waals surface area contributed by atoms with E-state index in [-0.39, 0.29) is 28.9 Å². The van der Waals surface area contributed by atoms with Gasteiger partial charge in [-0.2, -0.15) is 0 Å². The molecule has 31 heavy (non-hydrogen) atoms. The molecule has 0 radical (unpaired) electrons. The Balaban J connectivity index is 1.30. The molecule has 10 heteroatoms. The van der Waals surface area contributed by atoms with Crippen molar-refractivity contribution < 1.29 is 14.1 Å². The Bertz CT molecular complexity index is 1080. The third-order valence-corrected chi connectivity index (χ3v) is 5.81. The highest BCUT2D eigenvalue weighted by atomic mass is 32.1. The van der Waals surface area contributed by atoms with Crippen LogP contribution < -0.4 is 10.2 Å². The van der Waals surface area contributed by atoms with Crippen LogP contribution in [0.5, 0.6) is 0 Å². The number of hydrogen-bond acceptors (Lipinski definition) is 7. The van der Waals surface area contributed by atoms with E-state index in [0.717, 1.165) is 5.56 Å². The molecule has 1 saturated heterocycles. The van der Waals surface area contributed by atoms with Crippen LogP contribution in [0.1, 0.15) is 0 Å². The van der Waals surface area contributed by atoms with E-state index in [1.807, 2.05) is 15.2 Å². The second kappa shape index (κ2) is 9.19. The molecular formula is C21H20FN5O3S. The molecule has 0 saturated carbocycles. The van der Waals surface area contributed by atoms with Gasteiger partial charge in [-0.3, -0.25) is 19.8 Å². The number of aromatic nitrogens is 1. The third-order valence-electron chi connectivity index (χ3n) is 5.05. The molecule has 1 aromatic heterocycles. The van der Waals surface area contributed by atoms with Crippen LogP contribution in [0.4, 0.5) is 20.9 Å². The number of carbonyl (C=O) groups excluding carboxylic acids is 1. The number of hydrogen-bond donors (Lipinski definition) is 1. The lowest BCUT2D eigenvalue weighted by atomic mass is 10.2. The summed E-state index contributed by atoms with van der Waals surface area (Å²) in [6, 6.07) is 12.7. The highest BCUT2D eigenvalue weighted by Gasteiger charge is 2.24. The normalized spacial score (nSPS) is 14.4. The van der Waals surface area contributed by atoms with Crippen molar-refractivity contribution in [2.24, 2.45) is 0 Å². The highest BCUT2D eigenvalue weighted by molar-refractivity contribution is 7.14. The number of nitro benzene ring substituents is 1. The largest absolute Gasteiger partial charge is 0.363 e. The average Bonchev–Trinajstić information content (AvgIpc) is 3.23. The van der Waals surface area contributed by atoms with Gasteiger partial charge in [-0.1, -0.05) is 12.1 Å². The molecular weight excluding hydrogens is 421 g/mol. The molecule has 0 atom stereocenters. The molecule has 2 aromatic carbocycles. The van der Waals surface area contributed by atoms with Gasteiger partial charge in [0.1, 0.15) is 11.5 Å². The first kappa shape index (κ1) is 20.9. The number of carbonyl (C=O) groups is 1. The van der Waals surface area contributed by atoms with E-state index in [2.05, 4.69) is 10.3 Å². The van der Waals surface area contributed by atoms with E-state index in [0.29, 0.717) is 42.7 Å². The van der Waals surface area contributed by atoms with Crippen molar-refractivity contribution in [1.82, 2.24) is 9.88 Å². The van der Waals surface area contributed by atoms with Gasteiger partial charge in [0.05, 0.1) is 17.2 Å². The summed E-state index contributed by atoms with van der Waals surface area (Å²) in [5.41, 5.74) is 2.16. The summed E-state index contributed by atoms with van der Waals surface area (Å²) < 4.78 is 13.1. The molecule has 1 aliphatic rings. The molecule has 1 amide bonds. The van der Waals surface area contributed by atoms with Crippen molar-refractivity contribution in [3.63, 3.8) is 0 Å².